The van der Waals surface area contributed by atoms with Crippen LogP contribution < -0.4 is 15.4 Å². The summed E-state index contributed by atoms with van der Waals surface area (Å²) in [5.74, 6) is 0.880. The highest BCUT2D eigenvalue weighted by Gasteiger charge is 2.10. The smallest absolute Gasteiger partial charge is 0.387 e. The van der Waals surface area contributed by atoms with Crippen molar-refractivity contribution < 1.29 is 13.5 Å². The van der Waals surface area contributed by atoms with E-state index in [1.165, 1.54) is 6.07 Å². The van der Waals surface area contributed by atoms with E-state index in [1.54, 1.807) is 18.2 Å². The van der Waals surface area contributed by atoms with Crippen molar-refractivity contribution in [1.82, 2.24) is 10.6 Å². The minimum Gasteiger partial charge on any atom is -0.434 e. The van der Waals surface area contributed by atoms with Crippen LogP contribution in [0.2, 0.25) is 0 Å². The second-order valence-corrected chi connectivity index (χ2v) is 3.50. The van der Waals surface area contributed by atoms with Crippen LogP contribution in [0.15, 0.2) is 29.3 Å². The van der Waals surface area contributed by atoms with E-state index in [1.807, 2.05) is 0 Å². The summed E-state index contributed by atoms with van der Waals surface area (Å²) in [6, 6.07) is 6.69. The van der Waals surface area contributed by atoms with Crippen LogP contribution in [0.3, 0.4) is 0 Å². The van der Waals surface area contributed by atoms with Crippen LogP contribution in [0.25, 0.3) is 0 Å². The third-order valence-corrected chi connectivity index (χ3v) is 2.31. The van der Waals surface area contributed by atoms with Gasteiger partial charge >= 0.3 is 6.61 Å². The molecule has 2 rings (SSSR count). The fourth-order valence-corrected chi connectivity index (χ4v) is 1.56. The molecule has 92 valence electrons. The molecule has 4 nitrogen and oxygen atoms in total. The lowest BCUT2D eigenvalue weighted by molar-refractivity contribution is -0.0504. The van der Waals surface area contributed by atoms with E-state index in [0.717, 1.165) is 13.1 Å². The molecule has 0 aromatic heterocycles. The Bertz CT molecular complexity index is 409. The lowest BCUT2D eigenvalue weighted by atomic mass is 10.2. The van der Waals surface area contributed by atoms with E-state index in [0.29, 0.717) is 18.1 Å². The third kappa shape index (κ3) is 3.30. The topological polar surface area (TPSA) is 45.6 Å². The minimum absolute atomic E-state index is 0.189. The summed E-state index contributed by atoms with van der Waals surface area (Å²) in [6.07, 6.45) is 0. The van der Waals surface area contributed by atoms with Gasteiger partial charge in [0.2, 0.25) is 0 Å². The quantitative estimate of drug-likeness (QED) is 0.836. The van der Waals surface area contributed by atoms with Crippen molar-refractivity contribution in [3.05, 3.63) is 29.8 Å². The molecule has 0 unspecified atom stereocenters. The summed E-state index contributed by atoms with van der Waals surface area (Å²) in [5.41, 5.74) is 0.671. The Morgan fingerprint density at radius 3 is 2.94 bits per heavy atom. The van der Waals surface area contributed by atoms with Gasteiger partial charge in [-0.05, 0) is 6.07 Å². The van der Waals surface area contributed by atoms with E-state index >= 15 is 0 Å². The summed E-state index contributed by atoms with van der Waals surface area (Å²) in [7, 11) is 0. The van der Waals surface area contributed by atoms with Gasteiger partial charge < -0.3 is 15.4 Å². The molecule has 6 heteroatoms. The number of benzene rings is 1. The molecule has 0 bridgehead atoms. The van der Waals surface area contributed by atoms with Gasteiger partial charge in [-0.25, -0.2) is 0 Å². The Morgan fingerprint density at radius 1 is 1.41 bits per heavy atom. The number of nitrogens with zero attached hydrogens (tertiary/aromatic N) is 1. The highest BCUT2D eigenvalue weighted by molar-refractivity contribution is 5.81. The first-order valence-electron chi connectivity index (χ1n) is 5.30. The maximum atomic E-state index is 12.2. The largest absolute Gasteiger partial charge is 0.434 e. The summed E-state index contributed by atoms with van der Waals surface area (Å²) >= 11 is 0. The van der Waals surface area contributed by atoms with E-state index in [2.05, 4.69) is 20.4 Å². The molecule has 0 radical (unpaired) electrons. The van der Waals surface area contributed by atoms with Crippen molar-refractivity contribution in [2.24, 2.45) is 4.99 Å². The predicted octanol–water partition coefficient (Wildman–Crippen LogP) is 1.34. The number of guanidine groups is 1. The highest BCUT2D eigenvalue weighted by atomic mass is 19.3. The van der Waals surface area contributed by atoms with Crippen molar-refractivity contribution in [2.75, 3.05) is 13.1 Å². The van der Waals surface area contributed by atoms with Crippen molar-refractivity contribution in [1.29, 1.82) is 0 Å². The van der Waals surface area contributed by atoms with Crippen LogP contribution in [0, 0.1) is 0 Å². The van der Waals surface area contributed by atoms with Gasteiger partial charge in [0.15, 0.2) is 5.96 Å². The second-order valence-electron chi connectivity index (χ2n) is 3.50. The first kappa shape index (κ1) is 11.6. The number of hydrogen-bond acceptors (Lipinski definition) is 4. The molecule has 1 aromatic carbocycles. The number of ether oxygens (including phenoxy) is 1. The molecule has 0 aliphatic carbocycles. The molecule has 1 heterocycles. The van der Waals surface area contributed by atoms with Gasteiger partial charge in [0.25, 0.3) is 0 Å². The summed E-state index contributed by atoms with van der Waals surface area (Å²) < 4.78 is 28.8. The first-order chi connectivity index (χ1) is 8.25. The molecule has 0 fully saturated rings. The number of rotatable bonds is 4. The Labute approximate surface area is 97.7 Å². The Hall–Kier alpha value is -1.85. The molecule has 1 aromatic rings. The van der Waals surface area contributed by atoms with Gasteiger partial charge in [0.1, 0.15) is 5.75 Å². The average molecular weight is 241 g/mol. The zero-order valence-electron chi connectivity index (χ0n) is 9.12. The highest BCUT2D eigenvalue weighted by Crippen LogP contribution is 2.19. The van der Waals surface area contributed by atoms with Gasteiger partial charge in [-0.3, -0.25) is 4.99 Å². The van der Waals surface area contributed by atoms with Crippen molar-refractivity contribution in [3.8, 4) is 5.75 Å². The number of para-hydroxylation sites is 1. The number of aliphatic imine (C=N–C) groups is 1. The second kappa shape index (κ2) is 5.47. The molecule has 0 spiro atoms. The molecular weight excluding hydrogens is 228 g/mol. The molecule has 2 N–H and O–H groups in total. The maximum absolute atomic E-state index is 12.2. The molecule has 0 saturated heterocycles. The zero-order valence-corrected chi connectivity index (χ0v) is 9.12. The van der Waals surface area contributed by atoms with Gasteiger partial charge in [0, 0.05) is 18.7 Å². The van der Waals surface area contributed by atoms with Crippen LogP contribution in [0.4, 0.5) is 8.78 Å². The van der Waals surface area contributed by atoms with Crippen molar-refractivity contribution in [2.45, 2.75) is 13.2 Å². The number of hydrogen-bond donors (Lipinski definition) is 2. The standard InChI is InChI=1S/C11H13F2N3O/c12-10(13)17-9-4-2-1-3-8(9)7-16-11-14-5-6-15-11/h1-4,10H,5-7H2,(H2,14,15,16). The van der Waals surface area contributed by atoms with Gasteiger partial charge in [-0.1, -0.05) is 18.2 Å². The van der Waals surface area contributed by atoms with Crippen molar-refractivity contribution in [3.63, 3.8) is 0 Å². The summed E-state index contributed by atoms with van der Waals surface area (Å²) in [4.78, 5) is 4.15. The fourth-order valence-electron chi connectivity index (χ4n) is 1.56. The first-order valence-corrected chi connectivity index (χ1v) is 5.30. The fraction of sp³-hybridized carbons (Fsp3) is 0.364. The third-order valence-electron chi connectivity index (χ3n) is 2.31. The minimum atomic E-state index is -2.81. The van der Waals surface area contributed by atoms with Crippen LogP contribution in [0.1, 0.15) is 5.56 Å². The van der Waals surface area contributed by atoms with Crippen molar-refractivity contribution >= 4 is 5.96 Å². The van der Waals surface area contributed by atoms with E-state index in [-0.39, 0.29) is 5.75 Å². The average Bonchev–Trinajstić information content (AvgIpc) is 2.80. The Morgan fingerprint density at radius 2 is 2.24 bits per heavy atom. The van der Waals surface area contributed by atoms with Gasteiger partial charge in [-0.15, -0.1) is 0 Å². The molecule has 0 atom stereocenters. The van der Waals surface area contributed by atoms with E-state index in [4.69, 9.17) is 0 Å². The molecular formula is C11H13F2N3O. The lowest BCUT2D eigenvalue weighted by Gasteiger charge is -2.11. The van der Waals surface area contributed by atoms with E-state index < -0.39 is 6.61 Å². The van der Waals surface area contributed by atoms with Crippen LogP contribution in [-0.4, -0.2) is 25.7 Å². The lowest BCUT2D eigenvalue weighted by Crippen LogP contribution is -2.33. The van der Waals surface area contributed by atoms with E-state index in [9.17, 15) is 8.78 Å². The number of nitrogens with one attached hydrogen (secondary N) is 2. The maximum Gasteiger partial charge on any atom is 0.387 e. The van der Waals surface area contributed by atoms with Crippen LogP contribution in [-0.2, 0) is 6.54 Å². The summed E-state index contributed by atoms with van der Waals surface area (Å²) in [5, 5.41) is 6.06. The molecule has 17 heavy (non-hydrogen) atoms. The zero-order chi connectivity index (χ0) is 12.1. The van der Waals surface area contributed by atoms with Crippen LogP contribution in [0.5, 0.6) is 5.75 Å². The molecule has 1 aliphatic rings. The van der Waals surface area contributed by atoms with Crippen LogP contribution >= 0.6 is 0 Å². The SMILES string of the molecule is FC(F)Oc1ccccc1CNC1=NCCN1. The molecule has 0 saturated carbocycles. The monoisotopic (exact) mass is 241 g/mol. The number of halogens is 2. The number of alkyl halides is 2. The Balaban J connectivity index is 1.98. The summed E-state index contributed by atoms with van der Waals surface area (Å²) in [6.45, 7) is -0.873. The molecule has 1 aliphatic heterocycles. The molecule has 0 amide bonds. The normalized spacial score (nSPS) is 14.4. The van der Waals surface area contributed by atoms with Gasteiger partial charge in [0.05, 0.1) is 6.54 Å². The Kier molecular flexibility index (Phi) is 3.74. The van der Waals surface area contributed by atoms with Gasteiger partial charge in [-0.2, -0.15) is 8.78 Å². The predicted molar refractivity (Wildman–Crippen MR) is 60.2 cm³/mol.